The van der Waals surface area contributed by atoms with E-state index >= 15 is 0 Å². The minimum Gasteiger partial charge on any atom is -0.496 e. The Kier molecular flexibility index (Phi) is 6.14. The maximum atomic E-state index is 5.96. The zero-order chi connectivity index (χ0) is 21.8. The number of hydrogen-bond donors (Lipinski definition) is 0. The van der Waals surface area contributed by atoms with Crippen LogP contribution in [0.1, 0.15) is 11.3 Å². The van der Waals surface area contributed by atoms with E-state index in [1.165, 1.54) is 11.1 Å². The van der Waals surface area contributed by atoms with E-state index in [0.29, 0.717) is 5.92 Å². The molecule has 3 heterocycles. The summed E-state index contributed by atoms with van der Waals surface area (Å²) in [6.07, 6.45) is 8.57. The van der Waals surface area contributed by atoms with Gasteiger partial charge in [-0.1, -0.05) is 42.5 Å². The first-order valence-corrected chi connectivity index (χ1v) is 11.1. The molecule has 2 aromatic carbocycles. The molecule has 32 heavy (non-hydrogen) atoms. The van der Waals surface area contributed by atoms with Crippen molar-refractivity contribution in [1.82, 2.24) is 19.3 Å². The minimum absolute atomic E-state index is 0.393. The number of hydrogen-bond acceptors (Lipinski definition) is 5. The standard InChI is InChI=1S/C26H28N4O2/c1-31-25-9-5-4-8-24(25)23-7-3-2-6-21(23)17-29-12-13-32-19-20(16-29)14-22-18-30-11-10-27-26(30)15-28-22/h2-11,15,18,20H,12-14,16-17,19H2,1H3/t20-/m1/s1. The molecule has 0 saturated carbocycles. The Labute approximate surface area is 188 Å². The third-order valence-corrected chi connectivity index (χ3v) is 6.06. The number of nitrogens with zero attached hydrogens (tertiary/aromatic N) is 4. The third kappa shape index (κ3) is 4.52. The second kappa shape index (κ2) is 9.51. The van der Waals surface area contributed by atoms with Crippen LogP contribution in [-0.2, 0) is 17.7 Å². The molecule has 6 heteroatoms. The average molecular weight is 429 g/mol. The number of fused-ring (bicyclic) bond motifs is 1. The van der Waals surface area contributed by atoms with Crippen LogP contribution >= 0.6 is 0 Å². The number of aromatic nitrogens is 3. The van der Waals surface area contributed by atoms with Crippen LogP contribution in [0.3, 0.4) is 0 Å². The lowest BCUT2D eigenvalue weighted by molar-refractivity contribution is 0.121. The summed E-state index contributed by atoms with van der Waals surface area (Å²) in [5.74, 6) is 1.29. The van der Waals surface area contributed by atoms with Crippen LogP contribution in [0.5, 0.6) is 5.75 Å². The molecule has 164 valence electrons. The van der Waals surface area contributed by atoms with Gasteiger partial charge in [-0.3, -0.25) is 9.88 Å². The van der Waals surface area contributed by atoms with Gasteiger partial charge >= 0.3 is 0 Å². The summed E-state index contributed by atoms with van der Waals surface area (Å²) < 4.78 is 13.6. The number of ether oxygens (including phenoxy) is 2. The first kappa shape index (κ1) is 20.7. The highest BCUT2D eigenvalue weighted by Gasteiger charge is 2.21. The zero-order valence-corrected chi connectivity index (χ0v) is 18.4. The molecule has 1 fully saturated rings. The van der Waals surface area contributed by atoms with Crippen molar-refractivity contribution in [3.63, 3.8) is 0 Å². The van der Waals surface area contributed by atoms with Gasteiger partial charge in [-0.25, -0.2) is 4.98 Å². The molecular formula is C26H28N4O2. The summed E-state index contributed by atoms with van der Waals surface area (Å²) in [6, 6.07) is 16.8. The second-order valence-electron chi connectivity index (χ2n) is 8.31. The van der Waals surface area contributed by atoms with E-state index < -0.39 is 0 Å². The van der Waals surface area contributed by atoms with E-state index in [9.17, 15) is 0 Å². The number of benzene rings is 2. The number of para-hydroxylation sites is 1. The first-order chi connectivity index (χ1) is 15.8. The Morgan fingerprint density at radius 3 is 2.81 bits per heavy atom. The summed E-state index contributed by atoms with van der Waals surface area (Å²) in [5.41, 5.74) is 5.60. The number of imidazole rings is 1. The van der Waals surface area contributed by atoms with Crippen LogP contribution in [0, 0.1) is 5.92 Å². The number of methoxy groups -OCH3 is 1. The normalized spacial score (nSPS) is 17.3. The summed E-state index contributed by atoms with van der Waals surface area (Å²) in [7, 11) is 1.73. The van der Waals surface area contributed by atoms with Crippen molar-refractivity contribution in [3.8, 4) is 16.9 Å². The molecule has 1 atom stereocenters. The molecule has 5 rings (SSSR count). The Bertz CT molecular complexity index is 1190. The summed E-state index contributed by atoms with van der Waals surface area (Å²) >= 11 is 0. The van der Waals surface area contributed by atoms with Crippen LogP contribution in [0.4, 0.5) is 0 Å². The Morgan fingerprint density at radius 2 is 1.91 bits per heavy atom. The molecule has 0 radical (unpaired) electrons. The largest absolute Gasteiger partial charge is 0.496 e. The fourth-order valence-corrected chi connectivity index (χ4v) is 4.52. The quantitative estimate of drug-likeness (QED) is 0.463. The fourth-order valence-electron chi connectivity index (χ4n) is 4.52. The van der Waals surface area contributed by atoms with E-state index in [1.807, 2.05) is 28.9 Å². The smallest absolute Gasteiger partial charge is 0.155 e. The molecule has 0 aliphatic carbocycles. The second-order valence-corrected chi connectivity index (χ2v) is 8.31. The van der Waals surface area contributed by atoms with Gasteiger partial charge in [-0.2, -0.15) is 0 Å². The lowest BCUT2D eigenvalue weighted by atomic mass is 9.97. The molecule has 0 amide bonds. The van der Waals surface area contributed by atoms with E-state index in [0.717, 1.165) is 61.9 Å². The molecule has 1 saturated heterocycles. The highest BCUT2D eigenvalue weighted by molar-refractivity contribution is 5.73. The van der Waals surface area contributed by atoms with Gasteiger partial charge in [0, 0.05) is 49.7 Å². The molecule has 0 N–H and O–H groups in total. The molecule has 0 bridgehead atoms. The average Bonchev–Trinajstić information content (AvgIpc) is 3.19. The third-order valence-electron chi connectivity index (χ3n) is 6.06. The molecule has 1 aliphatic rings. The van der Waals surface area contributed by atoms with Gasteiger partial charge in [0.05, 0.1) is 32.2 Å². The monoisotopic (exact) mass is 428 g/mol. The van der Waals surface area contributed by atoms with Crippen molar-refractivity contribution in [3.05, 3.63) is 84.6 Å². The highest BCUT2D eigenvalue weighted by atomic mass is 16.5. The molecule has 2 aromatic heterocycles. The van der Waals surface area contributed by atoms with Gasteiger partial charge < -0.3 is 13.9 Å². The maximum absolute atomic E-state index is 5.96. The van der Waals surface area contributed by atoms with Gasteiger partial charge in [-0.05, 0) is 23.6 Å². The fraction of sp³-hybridized carbons (Fsp3) is 0.308. The Balaban J connectivity index is 1.34. The predicted molar refractivity (Wildman–Crippen MR) is 125 cm³/mol. The van der Waals surface area contributed by atoms with E-state index in [-0.39, 0.29) is 0 Å². The van der Waals surface area contributed by atoms with Crippen LogP contribution in [0.2, 0.25) is 0 Å². The molecule has 1 aliphatic heterocycles. The SMILES string of the molecule is COc1ccccc1-c1ccccc1CN1CCOC[C@H](Cc2cn3ccnc3cn2)C1. The van der Waals surface area contributed by atoms with Gasteiger partial charge in [0.1, 0.15) is 5.75 Å². The Hall–Kier alpha value is -3.22. The van der Waals surface area contributed by atoms with Crippen molar-refractivity contribution >= 4 is 5.65 Å². The van der Waals surface area contributed by atoms with Crippen molar-refractivity contribution in [2.24, 2.45) is 5.92 Å². The van der Waals surface area contributed by atoms with Crippen LogP contribution in [-0.4, -0.2) is 52.7 Å². The molecule has 6 nitrogen and oxygen atoms in total. The van der Waals surface area contributed by atoms with Gasteiger partial charge in [0.15, 0.2) is 5.65 Å². The van der Waals surface area contributed by atoms with Crippen LogP contribution < -0.4 is 4.74 Å². The summed E-state index contributed by atoms with van der Waals surface area (Å²) in [4.78, 5) is 11.4. The zero-order valence-electron chi connectivity index (χ0n) is 18.4. The lowest BCUT2D eigenvalue weighted by Crippen LogP contribution is -2.30. The van der Waals surface area contributed by atoms with Crippen molar-refractivity contribution in [2.75, 3.05) is 33.4 Å². The van der Waals surface area contributed by atoms with Crippen molar-refractivity contribution in [2.45, 2.75) is 13.0 Å². The molecule has 0 spiro atoms. The molecule has 0 unspecified atom stereocenters. The van der Waals surface area contributed by atoms with Crippen molar-refractivity contribution in [1.29, 1.82) is 0 Å². The van der Waals surface area contributed by atoms with E-state index in [1.54, 1.807) is 13.3 Å². The van der Waals surface area contributed by atoms with Gasteiger partial charge in [0.25, 0.3) is 0 Å². The topological polar surface area (TPSA) is 51.9 Å². The first-order valence-electron chi connectivity index (χ1n) is 11.1. The molecule has 4 aromatic rings. The van der Waals surface area contributed by atoms with Crippen LogP contribution in [0.25, 0.3) is 16.8 Å². The van der Waals surface area contributed by atoms with Gasteiger partial charge in [0.2, 0.25) is 0 Å². The van der Waals surface area contributed by atoms with Gasteiger partial charge in [-0.15, -0.1) is 0 Å². The predicted octanol–water partition coefficient (Wildman–Crippen LogP) is 4.10. The number of rotatable bonds is 6. The minimum atomic E-state index is 0.393. The summed E-state index contributed by atoms with van der Waals surface area (Å²) in [6.45, 7) is 4.28. The summed E-state index contributed by atoms with van der Waals surface area (Å²) in [5, 5.41) is 0. The Morgan fingerprint density at radius 1 is 1.06 bits per heavy atom. The van der Waals surface area contributed by atoms with E-state index in [4.69, 9.17) is 9.47 Å². The maximum Gasteiger partial charge on any atom is 0.155 e. The lowest BCUT2D eigenvalue weighted by Gasteiger charge is -2.24. The molecular weight excluding hydrogens is 400 g/mol. The van der Waals surface area contributed by atoms with E-state index in [2.05, 4.69) is 57.5 Å². The highest BCUT2D eigenvalue weighted by Crippen LogP contribution is 2.32. The van der Waals surface area contributed by atoms with Crippen LogP contribution in [0.15, 0.2) is 73.3 Å². The van der Waals surface area contributed by atoms with Crippen molar-refractivity contribution < 1.29 is 9.47 Å².